The van der Waals surface area contributed by atoms with E-state index < -0.39 is 0 Å². The summed E-state index contributed by atoms with van der Waals surface area (Å²) in [7, 11) is 1.61. The van der Waals surface area contributed by atoms with Crippen LogP contribution in [-0.4, -0.2) is 32.3 Å². The van der Waals surface area contributed by atoms with E-state index in [1.807, 2.05) is 36.4 Å². The van der Waals surface area contributed by atoms with Crippen molar-refractivity contribution in [3.8, 4) is 5.75 Å². The molecule has 1 amide bonds. The summed E-state index contributed by atoms with van der Waals surface area (Å²) in [5.74, 6) is 0.588. The second-order valence-electron chi connectivity index (χ2n) is 6.11. The van der Waals surface area contributed by atoms with Gasteiger partial charge in [0, 0.05) is 18.8 Å². The fourth-order valence-corrected chi connectivity index (χ4v) is 2.93. The molecule has 1 N–H and O–H groups in total. The molecule has 0 bridgehead atoms. The molecule has 5 heteroatoms. The maximum Gasteiger partial charge on any atom is 0.244 e. The Morgan fingerprint density at radius 1 is 1.20 bits per heavy atom. The lowest BCUT2D eigenvalue weighted by atomic mass is 10.1. The van der Waals surface area contributed by atoms with Crippen LogP contribution in [0.15, 0.2) is 53.6 Å². The lowest BCUT2D eigenvalue weighted by Gasteiger charge is -2.17. The molecule has 0 atom stereocenters. The van der Waals surface area contributed by atoms with Crippen LogP contribution in [-0.2, 0) is 11.2 Å². The molecule has 1 aliphatic rings. The molecule has 0 unspecified atom stereocenters. The first-order chi connectivity index (χ1) is 12.2. The number of hydrogen-bond donors (Lipinski definition) is 1. The van der Waals surface area contributed by atoms with Crippen LogP contribution < -0.4 is 15.1 Å². The molecule has 1 fully saturated rings. The number of rotatable bonds is 6. The summed E-state index contributed by atoms with van der Waals surface area (Å²) in [6, 6.07) is 15.7. The molecule has 0 spiro atoms. The van der Waals surface area contributed by atoms with Gasteiger partial charge in [-0.3, -0.25) is 4.79 Å². The highest BCUT2D eigenvalue weighted by Gasteiger charge is 2.11. The Bertz CT molecular complexity index is 735. The Labute approximate surface area is 148 Å². The van der Waals surface area contributed by atoms with Crippen LogP contribution in [0.5, 0.6) is 5.75 Å². The first-order valence-electron chi connectivity index (χ1n) is 8.54. The van der Waals surface area contributed by atoms with Crippen molar-refractivity contribution < 1.29 is 9.53 Å². The van der Waals surface area contributed by atoms with E-state index >= 15 is 0 Å². The largest absolute Gasteiger partial charge is 0.497 e. The summed E-state index contributed by atoms with van der Waals surface area (Å²) >= 11 is 0. The summed E-state index contributed by atoms with van der Waals surface area (Å²) in [5, 5.41) is 4.04. The van der Waals surface area contributed by atoms with Crippen LogP contribution in [0.4, 0.5) is 5.69 Å². The fourth-order valence-electron chi connectivity index (χ4n) is 2.93. The van der Waals surface area contributed by atoms with Crippen molar-refractivity contribution >= 4 is 17.8 Å². The standard InChI is InChI=1S/C20H23N3O2/c1-25-19-6-4-5-17(13-19)14-20(24)22-21-15-16-7-9-18(10-8-16)23-11-2-3-12-23/h4-10,13,15H,2-3,11-12,14H2,1H3,(H,22,24)/b21-15+. The summed E-state index contributed by atoms with van der Waals surface area (Å²) in [5.41, 5.74) is 5.67. The van der Waals surface area contributed by atoms with Crippen LogP contribution in [0.25, 0.3) is 0 Å². The van der Waals surface area contributed by atoms with Crippen LogP contribution in [0.1, 0.15) is 24.0 Å². The average molecular weight is 337 g/mol. The molecule has 1 aliphatic heterocycles. The molecule has 0 aromatic heterocycles. The number of ether oxygens (including phenoxy) is 1. The first kappa shape index (κ1) is 17.0. The van der Waals surface area contributed by atoms with Crippen molar-refractivity contribution in [3.63, 3.8) is 0 Å². The van der Waals surface area contributed by atoms with Gasteiger partial charge in [-0.1, -0.05) is 24.3 Å². The predicted molar refractivity (Wildman–Crippen MR) is 100 cm³/mol. The second kappa shape index (κ2) is 8.33. The summed E-state index contributed by atoms with van der Waals surface area (Å²) in [6.45, 7) is 2.27. The maximum absolute atomic E-state index is 12.0. The zero-order chi connectivity index (χ0) is 17.5. The van der Waals surface area contributed by atoms with Gasteiger partial charge >= 0.3 is 0 Å². The molecule has 0 radical (unpaired) electrons. The number of anilines is 1. The lowest BCUT2D eigenvalue weighted by molar-refractivity contribution is -0.120. The third kappa shape index (κ3) is 4.83. The van der Waals surface area contributed by atoms with Gasteiger partial charge in [-0.15, -0.1) is 0 Å². The Morgan fingerprint density at radius 3 is 2.68 bits per heavy atom. The molecule has 0 aliphatic carbocycles. The molecule has 130 valence electrons. The van der Waals surface area contributed by atoms with E-state index in [2.05, 4.69) is 27.6 Å². The van der Waals surface area contributed by atoms with Crippen molar-refractivity contribution in [1.29, 1.82) is 0 Å². The van der Waals surface area contributed by atoms with Gasteiger partial charge in [0.1, 0.15) is 5.75 Å². The quantitative estimate of drug-likeness (QED) is 0.651. The van der Waals surface area contributed by atoms with Crippen molar-refractivity contribution in [2.75, 3.05) is 25.1 Å². The number of nitrogens with one attached hydrogen (secondary N) is 1. The van der Waals surface area contributed by atoms with Crippen LogP contribution in [0, 0.1) is 0 Å². The molecule has 2 aromatic rings. The van der Waals surface area contributed by atoms with Crippen LogP contribution in [0.2, 0.25) is 0 Å². The smallest absolute Gasteiger partial charge is 0.244 e. The number of methoxy groups -OCH3 is 1. The summed E-state index contributed by atoms with van der Waals surface area (Å²) in [4.78, 5) is 14.3. The number of nitrogens with zero attached hydrogens (tertiary/aromatic N) is 2. The minimum absolute atomic E-state index is 0.154. The maximum atomic E-state index is 12.0. The number of hydrazone groups is 1. The molecule has 1 saturated heterocycles. The number of carbonyl (C=O) groups excluding carboxylic acids is 1. The lowest BCUT2D eigenvalue weighted by Crippen LogP contribution is -2.19. The Morgan fingerprint density at radius 2 is 1.96 bits per heavy atom. The van der Waals surface area contributed by atoms with E-state index in [1.165, 1.54) is 18.5 Å². The number of benzene rings is 2. The molecule has 3 rings (SSSR count). The average Bonchev–Trinajstić information content (AvgIpc) is 3.17. The van der Waals surface area contributed by atoms with E-state index in [1.54, 1.807) is 13.3 Å². The molecule has 1 heterocycles. The van der Waals surface area contributed by atoms with Crippen LogP contribution >= 0.6 is 0 Å². The predicted octanol–water partition coefficient (Wildman–Crippen LogP) is 2.99. The molecule has 2 aromatic carbocycles. The van der Waals surface area contributed by atoms with E-state index in [4.69, 9.17) is 4.74 Å². The van der Waals surface area contributed by atoms with Crippen molar-refractivity contribution in [2.24, 2.45) is 5.10 Å². The summed E-state index contributed by atoms with van der Waals surface area (Å²) < 4.78 is 5.16. The SMILES string of the molecule is COc1cccc(CC(=O)N/N=C/c2ccc(N3CCCC3)cc2)c1. The zero-order valence-corrected chi connectivity index (χ0v) is 14.4. The van der Waals surface area contributed by atoms with Crippen molar-refractivity contribution in [3.05, 3.63) is 59.7 Å². The van der Waals surface area contributed by atoms with Gasteiger partial charge < -0.3 is 9.64 Å². The highest BCUT2D eigenvalue weighted by atomic mass is 16.5. The topological polar surface area (TPSA) is 53.9 Å². The minimum Gasteiger partial charge on any atom is -0.497 e. The van der Waals surface area contributed by atoms with E-state index in [-0.39, 0.29) is 12.3 Å². The first-order valence-corrected chi connectivity index (χ1v) is 8.54. The van der Waals surface area contributed by atoms with E-state index in [9.17, 15) is 4.79 Å². The summed E-state index contributed by atoms with van der Waals surface area (Å²) in [6.07, 6.45) is 4.46. The third-order valence-electron chi connectivity index (χ3n) is 4.27. The molecule has 5 nitrogen and oxygen atoms in total. The molecular formula is C20H23N3O2. The Kier molecular flexibility index (Phi) is 5.67. The van der Waals surface area contributed by atoms with Gasteiger partial charge in [-0.25, -0.2) is 5.43 Å². The Hall–Kier alpha value is -2.82. The van der Waals surface area contributed by atoms with Gasteiger partial charge in [-0.2, -0.15) is 5.10 Å². The van der Waals surface area contributed by atoms with Gasteiger partial charge in [0.2, 0.25) is 5.91 Å². The van der Waals surface area contributed by atoms with Gasteiger partial charge in [-0.05, 0) is 48.2 Å². The van der Waals surface area contributed by atoms with Crippen molar-refractivity contribution in [2.45, 2.75) is 19.3 Å². The van der Waals surface area contributed by atoms with E-state index in [0.29, 0.717) is 0 Å². The monoisotopic (exact) mass is 337 g/mol. The Balaban J connectivity index is 1.50. The second-order valence-corrected chi connectivity index (χ2v) is 6.11. The van der Waals surface area contributed by atoms with Crippen LogP contribution in [0.3, 0.4) is 0 Å². The molecule has 25 heavy (non-hydrogen) atoms. The minimum atomic E-state index is -0.154. The third-order valence-corrected chi connectivity index (χ3v) is 4.27. The van der Waals surface area contributed by atoms with Gasteiger partial charge in [0.25, 0.3) is 0 Å². The zero-order valence-electron chi connectivity index (χ0n) is 14.4. The van der Waals surface area contributed by atoms with E-state index in [0.717, 1.165) is 30.0 Å². The highest BCUT2D eigenvalue weighted by molar-refractivity contribution is 5.83. The van der Waals surface area contributed by atoms with Crippen molar-refractivity contribution in [1.82, 2.24) is 5.43 Å². The van der Waals surface area contributed by atoms with Gasteiger partial charge in [0.05, 0.1) is 19.7 Å². The fraction of sp³-hybridized carbons (Fsp3) is 0.300. The normalized spacial score (nSPS) is 14.0. The molecule has 0 saturated carbocycles. The van der Waals surface area contributed by atoms with Gasteiger partial charge in [0.15, 0.2) is 0 Å². The highest BCUT2D eigenvalue weighted by Crippen LogP contribution is 2.19. The number of amides is 1. The number of hydrogen-bond acceptors (Lipinski definition) is 4. The number of carbonyl (C=O) groups is 1. The molecular weight excluding hydrogens is 314 g/mol.